The molecule has 3 aromatic rings. The van der Waals surface area contributed by atoms with Crippen LogP contribution >= 0.6 is 0 Å². The molecule has 0 aliphatic carbocycles. The molecule has 0 saturated carbocycles. The van der Waals surface area contributed by atoms with Crippen LogP contribution < -0.4 is 11.5 Å². The van der Waals surface area contributed by atoms with Crippen LogP contribution in [0, 0.1) is 5.82 Å². The molecule has 128 valence electrons. The number of anilines is 1. The maximum absolute atomic E-state index is 13.2. The van der Waals surface area contributed by atoms with Crippen molar-refractivity contribution in [3.63, 3.8) is 0 Å². The summed E-state index contributed by atoms with van der Waals surface area (Å²) in [5, 5.41) is 1.90. The summed E-state index contributed by atoms with van der Waals surface area (Å²) >= 11 is 0. The summed E-state index contributed by atoms with van der Waals surface area (Å²) in [5.41, 5.74) is 13.6. The molecule has 0 aliphatic rings. The highest BCUT2D eigenvalue weighted by molar-refractivity contribution is 5.91. The van der Waals surface area contributed by atoms with Gasteiger partial charge in [-0.05, 0) is 47.6 Å². The zero-order valence-electron chi connectivity index (χ0n) is 13.8. The first kappa shape index (κ1) is 17.0. The summed E-state index contributed by atoms with van der Waals surface area (Å²) in [6.45, 7) is 0. The van der Waals surface area contributed by atoms with Gasteiger partial charge in [0.2, 0.25) is 0 Å². The molecule has 0 spiro atoms. The average Bonchev–Trinajstić information content (AvgIpc) is 2.59. The van der Waals surface area contributed by atoms with Crippen LogP contribution in [-0.2, 0) is 17.6 Å². The lowest BCUT2D eigenvalue weighted by atomic mass is 9.97. The molecule has 1 aromatic heterocycles. The van der Waals surface area contributed by atoms with Crippen molar-refractivity contribution in [2.75, 3.05) is 5.73 Å². The first-order valence-corrected chi connectivity index (χ1v) is 8.19. The van der Waals surface area contributed by atoms with Crippen molar-refractivity contribution in [2.45, 2.75) is 25.3 Å². The number of Topliss-reactive ketones (excluding diaryl/α,β-unsaturated/α-hetero) is 1. The van der Waals surface area contributed by atoms with Crippen LogP contribution in [0.15, 0.2) is 54.7 Å². The Morgan fingerprint density at radius 2 is 1.96 bits per heavy atom. The van der Waals surface area contributed by atoms with E-state index in [9.17, 15) is 9.18 Å². The van der Waals surface area contributed by atoms with Crippen molar-refractivity contribution >= 4 is 22.4 Å². The van der Waals surface area contributed by atoms with E-state index in [0.29, 0.717) is 25.1 Å². The third-order valence-corrected chi connectivity index (χ3v) is 4.28. The number of benzene rings is 2. The van der Waals surface area contributed by atoms with Crippen LogP contribution in [0.2, 0.25) is 0 Å². The van der Waals surface area contributed by atoms with Crippen LogP contribution in [0.4, 0.5) is 10.2 Å². The molecule has 0 bridgehead atoms. The summed E-state index contributed by atoms with van der Waals surface area (Å²) in [7, 11) is 0. The molecular formula is C20H20FN3O. The van der Waals surface area contributed by atoms with Gasteiger partial charge in [0.25, 0.3) is 0 Å². The van der Waals surface area contributed by atoms with Crippen molar-refractivity contribution in [1.29, 1.82) is 0 Å². The van der Waals surface area contributed by atoms with E-state index in [1.807, 2.05) is 24.3 Å². The van der Waals surface area contributed by atoms with Crippen molar-refractivity contribution in [3.8, 4) is 0 Å². The van der Waals surface area contributed by atoms with E-state index < -0.39 is 6.04 Å². The molecule has 0 amide bonds. The number of nitrogens with zero attached hydrogens (tertiary/aromatic N) is 1. The molecule has 25 heavy (non-hydrogen) atoms. The van der Waals surface area contributed by atoms with Crippen molar-refractivity contribution < 1.29 is 9.18 Å². The van der Waals surface area contributed by atoms with Crippen LogP contribution in [0.25, 0.3) is 10.8 Å². The van der Waals surface area contributed by atoms with E-state index >= 15 is 0 Å². The van der Waals surface area contributed by atoms with Crippen LogP contribution in [0.5, 0.6) is 0 Å². The normalized spacial score (nSPS) is 12.2. The number of ketones is 1. The fourth-order valence-corrected chi connectivity index (χ4v) is 2.89. The lowest BCUT2D eigenvalue weighted by molar-refractivity contribution is -0.120. The summed E-state index contributed by atoms with van der Waals surface area (Å²) in [5.74, 6) is 0.151. The average molecular weight is 337 g/mol. The molecule has 5 heteroatoms. The Kier molecular flexibility index (Phi) is 5.05. The third-order valence-electron chi connectivity index (χ3n) is 4.28. The van der Waals surface area contributed by atoms with Crippen molar-refractivity contribution in [3.05, 3.63) is 71.7 Å². The highest BCUT2D eigenvalue weighted by atomic mass is 19.1. The minimum Gasteiger partial charge on any atom is -0.383 e. The number of nitrogen functional groups attached to an aromatic ring is 1. The van der Waals surface area contributed by atoms with E-state index in [-0.39, 0.29) is 11.6 Å². The zero-order valence-corrected chi connectivity index (χ0v) is 13.8. The van der Waals surface area contributed by atoms with Crippen molar-refractivity contribution in [1.82, 2.24) is 4.98 Å². The fraction of sp³-hybridized carbons (Fsp3) is 0.200. The first-order chi connectivity index (χ1) is 12.0. The topological polar surface area (TPSA) is 82.0 Å². The lowest BCUT2D eigenvalue weighted by Crippen LogP contribution is -2.32. The van der Waals surface area contributed by atoms with Crippen molar-refractivity contribution in [2.24, 2.45) is 5.73 Å². The molecule has 2 aromatic carbocycles. The molecule has 4 N–H and O–H groups in total. The number of nitrogens with two attached hydrogens (primary N) is 2. The number of aromatic nitrogens is 1. The predicted molar refractivity (Wildman–Crippen MR) is 97.6 cm³/mol. The minimum absolute atomic E-state index is 0.0291. The van der Waals surface area contributed by atoms with Gasteiger partial charge in [-0.25, -0.2) is 9.37 Å². The number of carbonyl (C=O) groups excluding carboxylic acids is 1. The number of hydrogen-bond acceptors (Lipinski definition) is 4. The number of rotatable bonds is 6. The second kappa shape index (κ2) is 7.40. The van der Waals surface area contributed by atoms with Gasteiger partial charge >= 0.3 is 0 Å². The second-order valence-electron chi connectivity index (χ2n) is 6.16. The molecule has 0 saturated heterocycles. The number of pyridine rings is 1. The van der Waals surface area contributed by atoms with Gasteiger partial charge < -0.3 is 11.5 Å². The van der Waals surface area contributed by atoms with E-state index in [1.54, 1.807) is 18.3 Å². The van der Waals surface area contributed by atoms with E-state index in [2.05, 4.69) is 4.98 Å². The predicted octanol–water partition coefficient (Wildman–Crippen LogP) is 3.03. The Morgan fingerprint density at radius 1 is 1.12 bits per heavy atom. The SMILES string of the molecule is Nc1nccc2cc(CCC(=O)[C@@H](N)Cc3cccc(F)c3)ccc12. The smallest absolute Gasteiger partial charge is 0.150 e. The molecular weight excluding hydrogens is 317 g/mol. The van der Waals surface area contributed by atoms with Crippen LogP contribution in [0.3, 0.4) is 0 Å². The molecule has 1 heterocycles. The summed E-state index contributed by atoms with van der Waals surface area (Å²) < 4.78 is 13.2. The largest absolute Gasteiger partial charge is 0.383 e. The maximum Gasteiger partial charge on any atom is 0.150 e. The fourth-order valence-electron chi connectivity index (χ4n) is 2.89. The lowest BCUT2D eigenvalue weighted by Gasteiger charge is -2.11. The van der Waals surface area contributed by atoms with E-state index in [0.717, 1.165) is 21.9 Å². The van der Waals surface area contributed by atoms with Gasteiger partial charge in [0.1, 0.15) is 17.4 Å². The highest BCUT2D eigenvalue weighted by Gasteiger charge is 2.14. The quantitative estimate of drug-likeness (QED) is 0.724. The van der Waals surface area contributed by atoms with Gasteiger partial charge in [-0.2, -0.15) is 0 Å². The molecule has 1 atom stereocenters. The molecule has 3 rings (SSSR count). The molecule has 0 radical (unpaired) electrons. The minimum atomic E-state index is -0.623. The Balaban J connectivity index is 1.61. The summed E-state index contributed by atoms with van der Waals surface area (Å²) in [6.07, 6.45) is 2.97. The second-order valence-corrected chi connectivity index (χ2v) is 6.16. The number of aryl methyl sites for hydroxylation is 1. The molecule has 4 nitrogen and oxygen atoms in total. The monoisotopic (exact) mass is 337 g/mol. The number of halogens is 1. The van der Waals surface area contributed by atoms with Gasteiger partial charge in [0, 0.05) is 18.0 Å². The molecule has 0 fully saturated rings. The van der Waals surface area contributed by atoms with Gasteiger partial charge in [-0.1, -0.05) is 30.3 Å². The molecule has 0 unspecified atom stereocenters. The van der Waals surface area contributed by atoms with Crippen LogP contribution in [0.1, 0.15) is 17.5 Å². The standard InChI is InChI=1S/C20H20FN3O/c21-16-3-1-2-14(11-16)12-18(22)19(25)7-5-13-4-6-17-15(10-13)8-9-24-20(17)23/h1-4,6,8-11,18H,5,7,12,22H2,(H2,23,24)/t18-/m0/s1. The Morgan fingerprint density at radius 3 is 2.76 bits per heavy atom. The van der Waals surface area contributed by atoms with E-state index in [1.165, 1.54) is 12.1 Å². The number of hydrogen-bond donors (Lipinski definition) is 2. The Bertz CT molecular complexity index is 910. The van der Waals surface area contributed by atoms with Gasteiger partial charge in [-0.3, -0.25) is 4.79 Å². The first-order valence-electron chi connectivity index (χ1n) is 8.19. The van der Waals surface area contributed by atoms with Gasteiger partial charge in [0.15, 0.2) is 0 Å². The summed E-state index contributed by atoms with van der Waals surface area (Å²) in [6, 6.07) is 13.3. The Hall–Kier alpha value is -2.79. The summed E-state index contributed by atoms with van der Waals surface area (Å²) in [4.78, 5) is 16.3. The van der Waals surface area contributed by atoms with Gasteiger partial charge in [0.05, 0.1) is 6.04 Å². The highest BCUT2D eigenvalue weighted by Crippen LogP contribution is 2.20. The van der Waals surface area contributed by atoms with Gasteiger partial charge in [-0.15, -0.1) is 0 Å². The Labute approximate surface area is 145 Å². The number of fused-ring (bicyclic) bond motifs is 1. The third kappa shape index (κ3) is 4.19. The maximum atomic E-state index is 13.2. The molecule has 0 aliphatic heterocycles. The number of carbonyl (C=O) groups is 1. The zero-order chi connectivity index (χ0) is 17.8. The van der Waals surface area contributed by atoms with E-state index in [4.69, 9.17) is 11.5 Å². The van der Waals surface area contributed by atoms with Crippen LogP contribution in [-0.4, -0.2) is 16.8 Å².